The van der Waals surface area contributed by atoms with Gasteiger partial charge in [0.05, 0.1) is 0 Å². The van der Waals surface area contributed by atoms with E-state index in [-0.39, 0.29) is 60.8 Å². The molecule has 0 atom stereocenters. The molecule has 0 N–H and O–H groups in total. The van der Waals surface area contributed by atoms with Crippen LogP contribution in [0.25, 0.3) is 0 Å². The molecule has 0 aromatic rings. The largest absolute Gasteiger partial charge is 1.04 e. The first kappa shape index (κ1) is 15.8. The summed E-state index contributed by atoms with van der Waals surface area (Å²) < 4.78 is 29.4. The van der Waals surface area contributed by atoms with Gasteiger partial charge in [-0.25, -0.2) is 0 Å². The minimum Gasteiger partial charge on any atom is -0.346 e. The molecular weight excluding hydrogens is 148 g/mol. The third-order valence-electron chi connectivity index (χ3n) is 0. The van der Waals surface area contributed by atoms with Crippen LogP contribution >= 0.6 is 0 Å². The van der Waals surface area contributed by atoms with Crippen molar-refractivity contribution in [2.45, 2.75) is 0 Å². The standard InChI is InChI=1S/Al.Ca.3FH.Mg.4H/h;;3*1H;;;;;/q+3;;;;;;;;;/p-3. The van der Waals surface area contributed by atoms with Crippen LogP contribution in [-0.4, -0.2) is 76.3 Å². The molecule has 0 bridgehead atoms. The molecule has 0 heterocycles. The topological polar surface area (TPSA) is 0 Å². The minimum absolute atomic E-state index is 0. The number of rotatable bonds is 0. The summed E-state index contributed by atoms with van der Waals surface area (Å²) in [5.74, 6) is 0. The molecule has 0 aliphatic rings. The summed E-state index contributed by atoms with van der Waals surface area (Å²) in [6, 6.07) is 0. The molecule has 0 aromatic carbocycles. The molecule has 0 aromatic heterocycles. The van der Waals surface area contributed by atoms with Crippen molar-refractivity contribution in [3.8, 4) is 0 Å². The van der Waals surface area contributed by atoms with Crippen molar-refractivity contribution in [2.24, 2.45) is 0 Å². The maximum Gasteiger partial charge on any atom is 1.04 e. The van der Waals surface area contributed by atoms with Gasteiger partial charge in [-0.1, -0.05) is 0 Å². The van der Waals surface area contributed by atoms with Crippen molar-refractivity contribution < 1.29 is 10.6 Å². The van der Waals surface area contributed by atoms with Gasteiger partial charge in [-0.15, -0.1) is 0 Å². The summed E-state index contributed by atoms with van der Waals surface area (Å²) in [5.41, 5.74) is 0. The second-order valence-corrected chi connectivity index (χ2v) is 0.742. The molecule has 0 saturated heterocycles. The number of halogens is 3. The molecule has 0 aliphatic heterocycles. The van der Waals surface area contributed by atoms with Crippen LogP contribution in [0.15, 0.2) is 0 Å². The maximum absolute atomic E-state index is 9.81. The summed E-state index contributed by atoms with van der Waals surface area (Å²) in [6.07, 6.45) is 0. The van der Waals surface area contributed by atoms with Crippen molar-refractivity contribution in [1.82, 2.24) is 0 Å². The first-order valence-corrected chi connectivity index (χ1v) is 1.96. The Morgan fingerprint density at radius 2 is 1.00 bits per heavy atom. The van der Waals surface area contributed by atoms with Crippen LogP contribution in [0.5, 0.6) is 0 Å². The summed E-state index contributed by atoms with van der Waals surface area (Å²) in [5, 5.41) is 0. The maximum atomic E-state index is 9.81. The van der Waals surface area contributed by atoms with Gasteiger partial charge in [0.25, 0.3) is 0 Å². The van der Waals surface area contributed by atoms with Crippen LogP contribution in [0.3, 0.4) is 0 Å². The summed E-state index contributed by atoms with van der Waals surface area (Å²) in [7, 11) is 0. The third kappa shape index (κ3) is 32.9. The zero-order valence-electron chi connectivity index (χ0n) is 1.71. The van der Waals surface area contributed by atoms with Crippen LogP contribution in [0.1, 0.15) is 0 Å². The fourth-order valence-electron chi connectivity index (χ4n) is 0. The van der Waals surface area contributed by atoms with E-state index in [4.69, 9.17) is 0 Å². The average Bonchev–Trinajstić information content (AvgIpc) is 0.811. The summed E-state index contributed by atoms with van der Waals surface area (Å²) >= 11 is -4.64. The second kappa shape index (κ2) is 10.4. The predicted octanol–water partition coefficient (Wildman–Crippen LogP) is -0.953. The third-order valence-corrected chi connectivity index (χ3v) is 0. The van der Waals surface area contributed by atoms with E-state index in [0.29, 0.717) is 0 Å². The summed E-state index contributed by atoms with van der Waals surface area (Å²) in [4.78, 5) is 0. The van der Waals surface area contributed by atoms with Gasteiger partial charge in [0, 0.05) is 0 Å². The van der Waals surface area contributed by atoms with Crippen LogP contribution in [0.2, 0.25) is 0 Å². The van der Waals surface area contributed by atoms with E-state index in [9.17, 15) is 10.6 Å². The molecule has 0 saturated carbocycles. The van der Waals surface area contributed by atoms with Gasteiger partial charge in [-0.3, -0.25) is 0 Å². The molecular formula is H4AlCaF3Mg. The minimum atomic E-state index is -4.64. The van der Waals surface area contributed by atoms with Crippen molar-refractivity contribution in [2.75, 3.05) is 0 Å². The Kier molecular flexibility index (Phi) is 27.2. The molecule has 0 nitrogen and oxygen atoms in total. The van der Waals surface area contributed by atoms with Crippen molar-refractivity contribution >= 4 is 76.3 Å². The van der Waals surface area contributed by atoms with E-state index in [1.807, 2.05) is 0 Å². The van der Waals surface area contributed by atoms with E-state index in [1.54, 1.807) is 0 Å². The molecule has 6 heavy (non-hydrogen) atoms. The molecule has 6 heteroatoms. The first-order chi connectivity index (χ1) is 1.73. The average molecular weight is 152 g/mol. The number of hydrogen-bond acceptors (Lipinski definition) is 0. The van der Waals surface area contributed by atoms with Gasteiger partial charge >= 0.3 is 76.3 Å². The van der Waals surface area contributed by atoms with Crippen LogP contribution in [-0.2, 0) is 0 Å². The molecule has 0 amide bonds. The Morgan fingerprint density at radius 3 is 1.00 bits per heavy atom. The zero-order chi connectivity index (χ0) is 3.58. The molecule has 0 aliphatic carbocycles. The van der Waals surface area contributed by atoms with Crippen LogP contribution < -0.4 is 0 Å². The van der Waals surface area contributed by atoms with Gasteiger partial charge in [0.15, 0.2) is 0 Å². The Hall–Kier alpha value is 2.35. The van der Waals surface area contributed by atoms with Crippen molar-refractivity contribution in [1.29, 1.82) is 0 Å². The van der Waals surface area contributed by atoms with Gasteiger partial charge in [0.2, 0.25) is 0 Å². The van der Waals surface area contributed by atoms with Gasteiger partial charge in [-0.2, -0.15) is 0 Å². The normalized spacial score (nSPS) is 4.50. The Morgan fingerprint density at radius 1 is 1.00 bits per heavy atom. The van der Waals surface area contributed by atoms with E-state index < -0.39 is 15.5 Å². The van der Waals surface area contributed by atoms with Crippen molar-refractivity contribution in [3.63, 3.8) is 0 Å². The van der Waals surface area contributed by atoms with Crippen LogP contribution in [0, 0.1) is 0 Å². The Bertz CT molecular complexity index is 15.5. The van der Waals surface area contributed by atoms with E-state index in [2.05, 4.69) is 0 Å². The summed E-state index contributed by atoms with van der Waals surface area (Å²) in [6.45, 7) is 0. The quantitative estimate of drug-likeness (QED) is 0.393. The van der Waals surface area contributed by atoms with Crippen LogP contribution in [0.4, 0.5) is 10.6 Å². The monoisotopic (exact) mass is 152 g/mol. The molecule has 0 radical (unpaired) electrons. The van der Waals surface area contributed by atoms with Crippen molar-refractivity contribution in [3.05, 3.63) is 0 Å². The molecule has 0 unspecified atom stereocenters. The Labute approximate surface area is 85.4 Å². The number of hydrogen-bond donors (Lipinski definition) is 0. The molecule has 0 spiro atoms. The SMILES string of the molecule is [CaH2].[F][Al]([F])[F].[MgH2]. The molecule has 0 rings (SSSR count). The van der Waals surface area contributed by atoms with Gasteiger partial charge in [0.1, 0.15) is 0 Å². The fraction of sp³-hybridized carbons (Fsp3) is 0. The van der Waals surface area contributed by atoms with E-state index >= 15 is 0 Å². The predicted molar refractivity (Wildman–Crippen MR) is 26.2 cm³/mol. The fourth-order valence-corrected chi connectivity index (χ4v) is 0. The van der Waals surface area contributed by atoms with E-state index in [0.717, 1.165) is 0 Å². The smallest absolute Gasteiger partial charge is 0.346 e. The molecule has 0 fully saturated rings. The van der Waals surface area contributed by atoms with Gasteiger partial charge < -0.3 is 10.6 Å². The second-order valence-electron chi connectivity index (χ2n) is 0.247. The zero-order valence-corrected chi connectivity index (χ0v) is 2.87. The molecule has 32 valence electrons. The Balaban J connectivity index is -0.0000000450. The van der Waals surface area contributed by atoms with E-state index in [1.165, 1.54) is 0 Å². The van der Waals surface area contributed by atoms with Gasteiger partial charge in [-0.05, 0) is 0 Å². The first-order valence-electron chi connectivity index (χ1n) is 0.655.